The van der Waals surface area contributed by atoms with Crippen molar-refractivity contribution in [2.45, 2.75) is 51.2 Å². The first-order chi connectivity index (χ1) is 10.5. The number of carboxylic acid groups (broad SMARTS) is 1. The average Bonchev–Trinajstić information content (AvgIpc) is 2.48. The molecule has 1 unspecified atom stereocenters. The van der Waals surface area contributed by atoms with E-state index in [2.05, 4.69) is 4.90 Å². The van der Waals surface area contributed by atoms with E-state index in [1.165, 1.54) is 4.90 Å². The summed E-state index contributed by atoms with van der Waals surface area (Å²) in [7, 11) is 1.97. The Labute approximate surface area is 137 Å². The summed E-state index contributed by atoms with van der Waals surface area (Å²) in [6.45, 7) is 6.79. The highest BCUT2D eigenvalue weighted by molar-refractivity contribution is 5.82. The fraction of sp³-hybridized carbons (Fsp3) is 0.875. The number of carbonyl (C=O) groups excluding carboxylic acids is 1. The van der Waals surface area contributed by atoms with Gasteiger partial charge in [-0.25, -0.2) is 4.79 Å². The summed E-state index contributed by atoms with van der Waals surface area (Å²) in [5, 5.41) is 20.8. The molecule has 2 aliphatic heterocycles. The van der Waals surface area contributed by atoms with Crippen molar-refractivity contribution in [3.63, 3.8) is 0 Å². The van der Waals surface area contributed by atoms with Crippen LogP contribution in [-0.4, -0.2) is 76.5 Å². The number of rotatable bonds is 2. The Kier molecular flexibility index (Phi) is 4.65. The first-order valence-corrected chi connectivity index (χ1v) is 8.11. The lowest BCUT2D eigenvalue weighted by molar-refractivity contribution is -0.197. The smallest absolute Gasteiger partial charge is 0.410 e. The molecule has 2 saturated heterocycles. The molecule has 2 rings (SSSR count). The fourth-order valence-electron chi connectivity index (χ4n) is 3.42. The number of amides is 1. The quantitative estimate of drug-likeness (QED) is 0.790. The lowest BCUT2D eigenvalue weighted by Gasteiger charge is -2.54. The largest absolute Gasteiger partial charge is 0.481 e. The number of carboxylic acids is 1. The standard InChI is InChI=1S/C16H28N2O5/c1-14(2,3)23-13(21)18-10-15(11-18,12(19)20)16(22)6-5-8-17(4)9-7-16/h22H,5-11H2,1-4H3,(H,19,20). The highest BCUT2D eigenvalue weighted by Crippen LogP contribution is 2.46. The van der Waals surface area contributed by atoms with Crippen LogP contribution in [0.15, 0.2) is 0 Å². The minimum Gasteiger partial charge on any atom is -0.481 e. The van der Waals surface area contributed by atoms with Crippen LogP contribution in [0.25, 0.3) is 0 Å². The minimum absolute atomic E-state index is 0.00252. The number of carbonyl (C=O) groups is 2. The third-order valence-electron chi connectivity index (χ3n) is 4.91. The molecular weight excluding hydrogens is 300 g/mol. The van der Waals surface area contributed by atoms with Crippen molar-refractivity contribution in [2.24, 2.45) is 5.41 Å². The van der Waals surface area contributed by atoms with Gasteiger partial charge in [0.25, 0.3) is 0 Å². The van der Waals surface area contributed by atoms with Crippen LogP contribution in [0.5, 0.6) is 0 Å². The molecule has 132 valence electrons. The molecule has 0 spiro atoms. The molecule has 0 aromatic rings. The van der Waals surface area contributed by atoms with Gasteiger partial charge in [-0.2, -0.15) is 0 Å². The number of hydrogen-bond donors (Lipinski definition) is 2. The third-order valence-corrected chi connectivity index (χ3v) is 4.91. The summed E-state index contributed by atoms with van der Waals surface area (Å²) < 4.78 is 5.28. The molecule has 2 fully saturated rings. The van der Waals surface area contributed by atoms with Gasteiger partial charge in [-0.05, 0) is 53.6 Å². The van der Waals surface area contributed by atoms with Crippen molar-refractivity contribution in [1.29, 1.82) is 0 Å². The molecule has 1 amide bonds. The summed E-state index contributed by atoms with van der Waals surface area (Å²) >= 11 is 0. The second-order valence-electron chi connectivity index (χ2n) is 7.91. The zero-order valence-corrected chi connectivity index (χ0v) is 14.5. The Morgan fingerprint density at radius 2 is 1.74 bits per heavy atom. The summed E-state index contributed by atoms with van der Waals surface area (Å²) in [5.41, 5.74) is -3.21. The lowest BCUT2D eigenvalue weighted by Crippen LogP contribution is -2.72. The molecule has 2 aliphatic rings. The summed E-state index contributed by atoms with van der Waals surface area (Å²) in [6.07, 6.45) is 1.06. The first kappa shape index (κ1) is 18.0. The van der Waals surface area contributed by atoms with Gasteiger partial charge in [-0.15, -0.1) is 0 Å². The first-order valence-electron chi connectivity index (χ1n) is 8.11. The number of aliphatic carboxylic acids is 1. The van der Waals surface area contributed by atoms with Crippen molar-refractivity contribution in [3.05, 3.63) is 0 Å². The topological polar surface area (TPSA) is 90.3 Å². The van der Waals surface area contributed by atoms with Crippen LogP contribution in [-0.2, 0) is 9.53 Å². The maximum atomic E-state index is 12.1. The van der Waals surface area contributed by atoms with Crippen molar-refractivity contribution in [2.75, 3.05) is 33.2 Å². The molecule has 0 bridgehead atoms. The van der Waals surface area contributed by atoms with Crippen molar-refractivity contribution in [1.82, 2.24) is 9.80 Å². The van der Waals surface area contributed by atoms with Gasteiger partial charge in [0.2, 0.25) is 0 Å². The number of likely N-dealkylation sites (tertiary alicyclic amines) is 2. The van der Waals surface area contributed by atoms with Crippen LogP contribution in [0.1, 0.15) is 40.0 Å². The van der Waals surface area contributed by atoms with E-state index in [1.807, 2.05) is 7.05 Å². The number of hydrogen-bond acceptors (Lipinski definition) is 5. The monoisotopic (exact) mass is 328 g/mol. The Balaban J connectivity index is 2.11. The van der Waals surface area contributed by atoms with Crippen LogP contribution in [0, 0.1) is 5.41 Å². The van der Waals surface area contributed by atoms with Gasteiger partial charge in [0.05, 0.1) is 5.60 Å². The molecule has 0 radical (unpaired) electrons. The van der Waals surface area contributed by atoms with E-state index in [1.54, 1.807) is 20.8 Å². The fourth-order valence-corrected chi connectivity index (χ4v) is 3.42. The van der Waals surface area contributed by atoms with Crippen molar-refractivity contribution >= 4 is 12.1 Å². The molecule has 7 nitrogen and oxygen atoms in total. The van der Waals surface area contributed by atoms with E-state index >= 15 is 0 Å². The summed E-state index contributed by atoms with van der Waals surface area (Å²) in [4.78, 5) is 27.4. The second-order valence-corrected chi connectivity index (χ2v) is 7.91. The zero-order chi connectivity index (χ0) is 17.5. The predicted molar refractivity (Wildman–Crippen MR) is 84.2 cm³/mol. The Hall–Kier alpha value is -1.34. The maximum Gasteiger partial charge on any atom is 0.410 e. The van der Waals surface area contributed by atoms with Crippen LogP contribution in [0.4, 0.5) is 4.79 Å². The van der Waals surface area contributed by atoms with Gasteiger partial charge in [0.15, 0.2) is 0 Å². The van der Waals surface area contributed by atoms with Gasteiger partial charge >= 0.3 is 12.1 Å². The molecule has 0 aliphatic carbocycles. The maximum absolute atomic E-state index is 12.1. The highest BCUT2D eigenvalue weighted by atomic mass is 16.6. The van der Waals surface area contributed by atoms with E-state index in [0.717, 1.165) is 13.0 Å². The molecule has 2 N–H and O–H groups in total. The second kappa shape index (κ2) is 5.94. The predicted octanol–water partition coefficient (Wildman–Crippen LogP) is 1.15. The van der Waals surface area contributed by atoms with Crippen LogP contribution in [0.3, 0.4) is 0 Å². The summed E-state index contributed by atoms with van der Waals surface area (Å²) in [6, 6.07) is 0. The highest BCUT2D eigenvalue weighted by Gasteiger charge is 2.64. The number of nitrogens with zero attached hydrogens (tertiary/aromatic N) is 2. The van der Waals surface area contributed by atoms with Gasteiger partial charge in [0.1, 0.15) is 11.0 Å². The Morgan fingerprint density at radius 3 is 2.26 bits per heavy atom. The number of aliphatic hydroxyl groups is 1. The number of ether oxygens (including phenoxy) is 1. The van der Waals surface area contributed by atoms with Crippen LogP contribution >= 0.6 is 0 Å². The van der Waals surface area contributed by atoms with Gasteiger partial charge in [0, 0.05) is 19.6 Å². The normalized spacial score (nSPS) is 28.7. The Bertz CT molecular complexity index is 481. The Morgan fingerprint density at radius 1 is 1.13 bits per heavy atom. The van der Waals surface area contributed by atoms with E-state index in [0.29, 0.717) is 19.4 Å². The lowest BCUT2D eigenvalue weighted by atomic mass is 9.63. The van der Waals surface area contributed by atoms with Gasteiger partial charge in [-0.1, -0.05) is 0 Å². The summed E-state index contributed by atoms with van der Waals surface area (Å²) in [5.74, 6) is -1.04. The van der Waals surface area contributed by atoms with E-state index < -0.39 is 28.7 Å². The average molecular weight is 328 g/mol. The SMILES string of the molecule is CN1CCCC(O)(C2(C(=O)O)CN(C(=O)OC(C)(C)C)C2)CC1. The van der Waals surface area contributed by atoms with E-state index in [9.17, 15) is 19.8 Å². The van der Waals surface area contributed by atoms with Crippen molar-refractivity contribution in [3.8, 4) is 0 Å². The minimum atomic E-state index is -1.30. The zero-order valence-electron chi connectivity index (χ0n) is 14.5. The van der Waals surface area contributed by atoms with E-state index in [4.69, 9.17) is 4.74 Å². The molecule has 23 heavy (non-hydrogen) atoms. The molecule has 2 heterocycles. The van der Waals surface area contributed by atoms with E-state index in [-0.39, 0.29) is 13.1 Å². The third kappa shape index (κ3) is 3.45. The van der Waals surface area contributed by atoms with Crippen molar-refractivity contribution < 1.29 is 24.5 Å². The molecule has 0 aromatic carbocycles. The van der Waals surface area contributed by atoms with Gasteiger partial charge < -0.3 is 24.7 Å². The molecule has 7 heteroatoms. The van der Waals surface area contributed by atoms with Crippen LogP contribution in [0.2, 0.25) is 0 Å². The molecular formula is C16H28N2O5. The van der Waals surface area contributed by atoms with Gasteiger partial charge in [-0.3, -0.25) is 4.79 Å². The molecule has 1 atom stereocenters. The molecule has 0 aromatic heterocycles. The van der Waals surface area contributed by atoms with Crippen LogP contribution < -0.4 is 0 Å². The molecule has 0 saturated carbocycles.